The molecule has 0 aromatic carbocycles. The van der Waals surface area contributed by atoms with Gasteiger partial charge >= 0.3 is 0 Å². The lowest BCUT2D eigenvalue weighted by atomic mass is 10.2. The van der Waals surface area contributed by atoms with Gasteiger partial charge in [0.2, 0.25) is 0 Å². The molecule has 1 aliphatic heterocycles. The molecule has 2 rings (SSSR count). The van der Waals surface area contributed by atoms with Crippen LogP contribution in [0.15, 0.2) is 0 Å². The largest absolute Gasteiger partial charge is 0.381 e. The first kappa shape index (κ1) is 12.3. The number of morpholine rings is 1. The van der Waals surface area contributed by atoms with E-state index in [-0.39, 0.29) is 0 Å². The van der Waals surface area contributed by atoms with Crippen LogP contribution in [0.4, 0.5) is 0 Å². The molecule has 1 saturated heterocycles. The summed E-state index contributed by atoms with van der Waals surface area (Å²) in [7, 11) is 3.97. The van der Waals surface area contributed by atoms with E-state index in [0.29, 0.717) is 18.2 Å². The van der Waals surface area contributed by atoms with Crippen molar-refractivity contribution in [2.75, 3.05) is 40.4 Å². The molecule has 1 aliphatic carbocycles. The molecule has 1 heterocycles. The second kappa shape index (κ2) is 5.96. The number of nitrogens with one attached hydrogen (secondary N) is 1. The number of methoxy groups -OCH3 is 1. The molecule has 4 nitrogen and oxygen atoms in total. The molecule has 0 aromatic rings. The molecule has 3 atom stereocenters. The lowest BCUT2D eigenvalue weighted by Gasteiger charge is -2.31. The van der Waals surface area contributed by atoms with E-state index in [4.69, 9.17) is 9.47 Å². The summed E-state index contributed by atoms with van der Waals surface area (Å²) in [5.41, 5.74) is 0. The van der Waals surface area contributed by atoms with Crippen LogP contribution in [0, 0.1) is 0 Å². The zero-order valence-electron chi connectivity index (χ0n) is 10.4. The topological polar surface area (TPSA) is 33.7 Å². The lowest BCUT2D eigenvalue weighted by Crippen LogP contribution is -2.46. The van der Waals surface area contributed by atoms with Crippen molar-refractivity contribution in [3.05, 3.63) is 0 Å². The summed E-state index contributed by atoms with van der Waals surface area (Å²) in [6.45, 7) is 3.96. The molecule has 1 N–H and O–H groups in total. The fourth-order valence-electron chi connectivity index (χ4n) is 2.63. The maximum Gasteiger partial charge on any atom is 0.0826 e. The number of rotatable bonds is 4. The number of ether oxygens (including phenoxy) is 2. The number of likely N-dealkylation sites (N-methyl/N-ethyl adjacent to an activating group) is 1. The zero-order chi connectivity index (χ0) is 11.4. The van der Waals surface area contributed by atoms with Crippen LogP contribution in [0.5, 0.6) is 0 Å². The standard InChI is InChI=1S/C12H24N2O2/c1-14-5-6-16-12(9-14)8-13-10-3-4-11(7-10)15-2/h10-13H,3-9H2,1-2H3. The minimum atomic E-state index is 0.361. The molecular weight excluding hydrogens is 204 g/mol. The Balaban J connectivity index is 1.64. The van der Waals surface area contributed by atoms with Gasteiger partial charge in [-0.15, -0.1) is 0 Å². The second-order valence-electron chi connectivity index (χ2n) is 5.03. The molecule has 2 aliphatic rings. The molecule has 2 fully saturated rings. The van der Waals surface area contributed by atoms with Crippen LogP contribution in [0.2, 0.25) is 0 Å². The average molecular weight is 228 g/mol. The highest BCUT2D eigenvalue weighted by molar-refractivity contribution is 4.82. The predicted octanol–water partition coefficient (Wildman–Crippen LogP) is 0.474. The molecule has 0 amide bonds. The summed E-state index contributed by atoms with van der Waals surface area (Å²) in [6.07, 6.45) is 4.41. The van der Waals surface area contributed by atoms with Gasteiger partial charge in [-0.3, -0.25) is 0 Å². The first-order valence-electron chi connectivity index (χ1n) is 6.34. The number of hydrogen-bond donors (Lipinski definition) is 1. The van der Waals surface area contributed by atoms with E-state index in [0.717, 1.165) is 32.7 Å². The van der Waals surface area contributed by atoms with Gasteiger partial charge in [-0.05, 0) is 26.3 Å². The fraction of sp³-hybridized carbons (Fsp3) is 1.00. The van der Waals surface area contributed by atoms with Crippen LogP contribution in [0.1, 0.15) is 19.3 Å². The van der Waals surface area contributed by atoms with E-state index >= 15 is 0 Å². The summed E-state index contributed by atoms with van der Waals surface area (Å²) in [4.78, 5) is 2.34. The summed E-state index contributed by atoms with van der Waals surface area (Å²) >= 11 is 0. The van der Waals surface area contributed by atoms with Gasteiger partial charge in [0.05, 0.1) is 18.8 Å². The van der Waals surface area contributed by atoms with Crippen molar-refractivity contribution in [3.8, 4) is 0 Å². The van der Waals surface area contributed by atoms with Crippen molar-refractivity contribution in [1.29, 1.82) is 0 Å². The van der Waals surface area contributed by atoms with E-state index < -0.39 is 0 Å². The smallest absolute Gasteiger partial charge is 0.0826 e. The minimum Gasteiger partial charge on any atom is -0.381 e. The Morgan fingerprint density at radius 1 is 1.44 bits per heavy atom. The lowest BCUT2D eigenvalue weighted by molar-refractivity contribution is -0.0194. The summed E-state index contributed by atoms with van der Waals surface area (Å²) < 4.78 is 11.1. The first-order valence-corrected chi connectivity index (χ1v) is 6.34. The molecule has 0 spiro atoms. The SMILES string of the molecule is COC1CCC(NCC2CN(C)CCO2)C1. The maximum absolute atomic E-state index is 5.73. The van der Waals surface area contributed by atoms with E-state index in [1.54, 1.807) is 0 Å². The van der Waals surface area contributed by atoms with Crippen LogP contribution in [0.25, 0.3) is 0 Å². The van der Waals surface area contributed by atoms with Gasteiger partial charge < -0.3 is 19.7 Å². The molecule has 1 saturated carbocycles. The molecule has 94 valence electrons. The minimum absolute atomic E-state index is 0.361. The van der Waals surface area contributed by atoms with Crippen LogP contribution in [0.3, 0.4) is 0 Å². The second-order valence-corrected chi connectivity index (χ2v) is 5.03. The maximum atomic E-state index is 5.73. The highest BCUT2D eigenvalue weighted by Gasteiger charge is 2.25. The Hall–Kier alpha value is -0.160. The summed E-state index contributed by atoms with van der Waals surface area (Å²) in [6, 6.07) is 0.626. The Labute approximate surface area is 98.3 Å². The third-order valence-corrected chi connectivity index (χ3v) is 3.69. The van der Waals surface area contributed by atoms with Gasteiger partial charge in [-0.1, -0.05) is 0 Å². The van der Waals surface area contributed by atoms with E-state index in [1.165, 1.54) is 12.8 Å². The van der Waals surface area contributed by atoms with Crippen molar-refractivity contribution in [1.82, 2.24) is 10.2 Å². The average Bonchev–Trinajstić information content (AvgIpc) is 2.74. The molecular formula is C12H24N2O2. The van der Waals surface area contributed by atoms with Gasteiger partial charge in [-0.2, -0.15) is 0 Å². The van der Waals surface area contributed by atoms with E-state index in [9.17, 15) is 0 Å². The molecule has 0 aromatic heterocycles. The monoisotopic (exact) mass is 228 g/mol. The van der Waals surface area contributed by atoms with E-state index in [2.05, 4.69) is 17.3 Å². The number of nitrogens with zero attached hydrogens (tertiary/aromatic N) is 1. The van der Waals surface area contributed by atoms with Gasteiger partial charge in [0.1, 0.15) is 0 Å². The van der Waals surface area contributed by atoms with Gasteiger partial charge in [0.15, 0.2) is 0 Å². The highest BCUT2D eigenvalue weighted by Crippen LogP contribution is 2.21. The fourth-order valence-corrected chi connectivity index (χ4v) is 2.63. The quantitative estimate of drug-likeness (QED) is 0.758. The highest BCUT2D eigenvalue weighted by atomic mass is 16.5. The van der Waals surface area contributed by atoms with Crippen LogP contribution >= 0.6 is 0 Å². The van der Waals surface area contributed by atoms with Crippen LogP contribution in [-0.4, -0.2) is 63.5 Å². The third kappa shape index (κ3) is 3.42. The Morgan fingerprint density at radius 2 is 2.31 bits per heavy atom. The summed E-state index contributed by atoms with van der Waals surface area (Å²) in [5.74, 6) is 0. The zero-order valence-corrected chi connectivity index (χ0v) is 10.4. The Morgan fingerprint density at radius 3 is 3.00 bits per heavy atom. The van der Waals surface area contributed by atoms with Gasteiger partial charge in [-0.25, -0.2) is 0 Å². The predicted molar refractivity (Wildman–Crippen MR) is 63.7 cm³/mol. The van der Waals surface area contributed by atoms with Gasteiger partial charge in [0.25, 0.3) is 0 Å². The molecule has 4 heteroatoms. The van der Waals surface area contributed by atoms with E-state index in [1.807, 2.05) is 7.11 Å². The first-order chi connectivity index (χ1) is 7.78. The number of hydrogen-bond acceptors (Lipinski definition) is 4. The van der Waals surface area contributed by atoms with Crippen molar-refractivity contribution in [2.45, 2.75) is 37.5 Å². The Kier molecular flexibility index (Phi) is 4.58. The molecule has 16 heavy (non-hydrogen) atoms. The van der Waals surface area contributed by atoms with Crippen molar-refractivity contribution < 1.29 is 9.47 Å². The molecule has 0 bridgehead atoms. The van der Waals surface area contributed by atoms with Crippen LogP contribution in [-0.2, 0) is 9.47 Å². The Bertz CT molecular complexity index is 213. The van der Waals surface area contributed by atoms with Crippen LogP contribution < -0.4 is 5.32 Å². The molecule has 3 unspecified atom stereocenters. The van der Waals surface area contributed by atoms with Gasteiger partial charge in [0, 0.05) is 32.8 Å². The normalized spacial score (nSPS) is 36.8. The van der Waals surface area contributed by atoms with Crippen molar-refractivity contribution in [2.24, 2.45) is 0 Å². The van der Waals surface area contributed by atoms with Crippen molar-refractivity contribution in [3.63, 3.8) is 0 Å². The summed E-state index contributed by atoms with van der Waals surface area (Å²) in [5, 5.41) is 3.60. The third-order valence-electron chi connectivity index (χ3n) is 3.69. The van der Waals surface area contributed by atoms with Crippen molar-refractivity contribution >= 4 is 0 Å². The molecule has 0 radical (unpaired) electrons.